The van der Waals surface area contributed by atoms with E-state index in [9.17, 15) is 0 Å². The van der Waals surface area contributed by atoms with E-state index in [1.807, 2.05) is 0 Å². The Kier molecular flexibility index (Phi) is 74.4. The standard InChI is InChI=1S/B140P/c1-72-108(73(2)3)126(109(74(4)5)75(6)7)135(127(110(76(8)9)77(10)11)111(78(12)13)79(14)15)139(134(124(104(64)65)105(66)67)125(106(68)69)107(70)71)141(138(132(120(96(48)49)97(50)51)121(98(52)53)99(54)55)133(122(100(56)57)101(58)59)123(102(60)61)103(62)63)140(136(128(112(80(16)17)81(18)19)113(82(20)21)83(22)23)129(114(84(24)25)85(26)27)115(86(28)29)87(30)31)137(130(116(88(32)33)89(34)35)117(90(36)37)91(38)39)131(118(92(40)41)93(42)43)119(94(44)45)95(46)47. The second-order valence-corrected chi connectivity index (χ2v) is 42.3. The van der Waals surface area contributed by atoms with Crippen molar-refractivity contribution in [2.45, 2.75) is 0 Å². The highest BCUT2D eigenvalue weighted by Crippen LogP contribution is 2.55. The molecule has 0 N–H and O–H groups in total. The maximum absolute atomic E-state index is 7.66. The van der Waals surface area contributed by atoms with Crippen LogP contribution in [0, 0.1) is 0 Å². The van der Waals surface area contributed by atoms with Gasteiger partial charge in [-0.1, -0.05) is 0 Å². The zero-order chi connectivity index (χ0) is 112. The Balaban J connectivity index is 18.4. The van der Waals surface area contributed by atoms with E-state index in [4.69, 9.17) is 549 Å². The molecule has 0 aliphatic rings. The first-order valence-corrected chi connectivity index (χ1v) is 48.0. The molecule has 0 bridgehead atoms. The van der Waals surface area contributed by atoms with Gasteiger partial charge in [0.1, 0.15) is 0 Å². The molecule has 0 amide bonds. The van der Waals surface area contributed by atoms with Crippen LogP contribution >= 0.6 is 7.56 Å². The van der Waals surface area contributed by atoms with E-state index >= 15 is 0 Å². The van der Waals surface area contributed by atoms with E-state index < -0.39 is 441 Å². The summed E-state index contributed by atoms with van der Waals surface area (Å²) in [5.74, 6) is 0. The molecule has 141 heavy (non-hydrogen) atoms. The van der Waals surface area contributed by atoms with Gasteiger partial charge in [-0.15, -0.1) is 0 Å². The summed E-state index contributed by atoms with van der Waals surface area (Å²) in [7, 11) is 532. The van der Waals surface area contributed by atoms with Crippen LogP contribution in [0.2, 0.25) is 0 Å². The van der Waals surface area contributed by atoms with Crippen LogP contribution < -0.4 is 0 Å². The van der Waals surface area contributed by atoms with Crippen LogP contribution in [0.4, 0.5) is 0 Å². The highest BCUT2D eigenvalue weighted by Gasteiger charge is 2.72. The maximum Gasteiger partial charge on any atom is 0.0527 e. The molecule has 0 saturated carbocycles. The van der Waals surface area contributed by atoms with Crippen LogP contribution in [0.5, 0.6) is 0 Å². The molecular formula is B140P. The van der Waals surface area contributed by atoms with Crippen molar-refractivity contribution < 1.29 is 0 Å². The summed E-state index contributed by atoms with van der Waals surface area (Å²) in [6.45, 7) is 0. The third-order valence-corrected chi connectivity index (χ3v) is 34.0. The molecule has 425 valence electrons. The lowest BCUT2D eigenvalue weighted by molar-refractivity contribution is 3.16. The molecule has 0 aromatic rings. The minimum atomic E-state index is -4.69. The molecule has 0 fully saturated rings. The zero-order valence-corrected chi connectivity index (χ0v) is 82.2. The fraction of sp³-hybridized carbons (Fsp3) is 0. The summed E-state index contributed by atoms with van der Waals surface area (Å²) in [5.41, 5.74) is 0. The fourth-order valence-electron chi connectivity index (χ4n) is 25.0. The molecule has 0 nitrogen and oxygen atoms in total. The van der Waals surface area contributed by atoms with Crippen LogP contribution in [-0.2, 0) is 0 Å². The zero-order valence-electron chi connectivity index (χ0n) is 81.3. The van der Waals surface area contributed by atoms with Crippen molar-refractivity contribution >= 4 is 998 Å². The number of hydrogen-bond donors (Lipinski definition) is 0. The highest BCUT2D eigenvalue weighted by molar-refractivity contribution is 8.66. The number of hydrogen-bond acceptors (Lipinski definition) is 0. The average Bonchev–Trinajstić information content (AvgIpc) is 0.695. The third kappa shape index (κ3) is 40.5. The molecule has 0 spiro atoms. The van der Waals surface area contributed by atoms with Gasteiger partial charge in [-0.2, -0.15) is 0 Å². The second-order valence-electron chi connectivity index (χ2n) is 39.6. The van der Waals surface area contributed by atoms with Crippen molar-refractivity contribution in [2.75, 3.05) is 0 Å². The minimum Gasteiger partial charge on any atom is -0.253 e. The van der Waals surface area contributed by atoms with Gasteiger partial charge < -0.3 is 0 Å². The van der Waals surface area contributed by atoms with Crippen molar-refractivity contribution in [1.82, 2.24) is 0 Å². The Morgan fingerprint density at radius 3 is 0.234 bits per heavy atom. The van der Waals surface area contributed by atoms with Crippen LogP contribution in [-0.4, -0.2) is 990 Å². The summed E-state index contributed by atoms with van der Waals surface area (Å²) in [4.78, 5) is 0. The summed E-state index contributed by atoms with van der Waals surface area (Å²) < 4.78 is 0. The maximum atomic E-state index is 7.66. The summed E-state index contributed by atoms with van der Waals surface area (Å²) in [6.07, 6.45) is -154. The molecule has 0 aromatic carbocycles. The molecule has 0 heterocycles. The Hall–Kier alpha value is 9.52. The SMILES string of the molecule is [B][B]B(B([B])[B])B(B(B([B])[B])B([B])[B])B(B(B(B([B])[B])B([B])[B])B(B([B])[B])B([B])[B])B(B(B(B([B])[B])B([B])[B])B(B([B])[B])B([B])[B])P(B(B(B(B([B])[B])B([B])[B])B(B([B])[B])B([B])[B])B(B(B([B])[B])B([B])[B])B(B([B])[B])B([B])[B])B(B(B(B(B([B])[B])B([B])[B])B(B([B])[B])B([B])[B])B(B(B([B])[B])B([B])[B])B(B([B])[B])B([B])[B])B(B(B(B([B])[B])B([B])[B])B(B([B])[B])B([B])[B])B(B(B([B])[B])B([B])[B])B(B([B])[B])B([B])[B]. The summed E-state index contributed by atoms with van der Waals surface area (Å²) in [6, 6.07) is 0. The first-order chi connectivity index (χ1) is 64.2. The molecule has 0 rings (SSSR count). The first kappa shape index (κ1) is 151. The van der Waals surface area contributed by atoms with Crippen molar-refractivity contribution in [3.8, 4) is 0 Å². The lowest BCUT2D eigenvalue weighted by Gasteiger charge is -2.66. The molecule has 143 radical (unpaired) electrons. The van der Waals surface area contributed by atoms with Crippen LogP contribution in [0.15, 0.2) is 0 Å². The molecular weight excluding hydrogens is 1540 g/mol. The van der Waals surface area contributed by atoms with Crippen LogP contribution in [0.1, 0.15) is 0 Å². The largest absolute Gasteiger partial charge is 0.253 e. The molecule has 0 aromatic heterocycles. The fourth-order valence-corrected chi connectivity index (χ4v) is 31.0. The monoisotopic (exact) mass is 1570 g/mol. The third-order valence-electron chi connectivity index (χ3n) is 29.8. The van der Waals surface area contributed by atoms with E-state index in [2.05, 4.69) is 0 Å². The van der Waals surface area contributed by atoms with Gasteiger partial charge in [-0.25, -0.2) is 0 Å². The van der Waals surface area contributed by atoms with Crippen molar-refractivity contribution in [2.24, 2.45) is 0 Å². The topological polar surface area (TPSA) is 0 Å². The van der Waals surface area contributed by atoms with Gasteiger partial charge in [-0.05, 0) is 0 Å². The van der Waals surface area contributed by atoms with Gasteiger partial charge in [0, 0.05) is 971 Å². The smallest absolute Gasteiger partial charge is 0.0527 e. The lowest BCUT2D eigenvalue weighted by Crippen LogP contribution is -2.97. The molecule has 141 heteroatoms. The van der Waals surface area contributed by atoms with Gasteiger partial charge in [0.2, 0.25) is 0 Å². The molecule has 0 aliphatic heterocycles. The first-order valence-electron chi connectivity index (χ1n) is 46.4. The Labute approximate surface area is 986 Å². The average molecular weight is 1540 g/mol. The number of rotatable bonds is 69. The Bertz CT molecular complexity index is 2500. The predicted molar refractivity (Wildman–Crippen MR) is 812 cm³/mol. The van der Waals surface area contributed by atoms with E-state index in [0.29, 0.717) is 0 Å². The molecule has 0 saturated heterocycles. The van der Waals surface area contributed by atoms with Gasteiger partial charge in [0.25, 0.3) is 0 Å². The molecule has 1 unspecified atom stereocenters. The quantitative estimate of drug-likeness (QED) is 0.0421. The molecule has 1 atom stereocenters. The van der Waals surface area contributed by atoms with Gasteiger partial charge in [-0.3, -0.25) is 7.56 Å². The van der Waals surface area contributed by atoms with E-state index in [-0.39, 0.29) is 0 Å². The minimum absolute atomic E-state index is 0.910. The Morgan fingerprint density at radius 2 is 0.156 bits per heavy atom. The summed E-state index contributed by atoms with van der Waals surface area (Å²) >= 11 is 0. The van der Waals surface area contributed by atoms with Crippen LogP contribution in [0.25, 0.3) is 0 Å². The van der Waals surface area contributed by atoms with E-state index in [1.165, 1.54) is 0 Å². The van der Waals surface area contributed by atoms with Crippen molar-refractivity contribution in [3.63, 3.8) is 0 Å². The predicted octanol–water partition coefficient (Wildman–Crippen LogP) is -52.5. The highest BCUT2D eigenvalue weighted by atomic mass is 31.1. The van der Waals surface area contributed by atoms with E-state index in [0.717, 1.165) is 7.06 Å². The van der Waals surface area contributed by atoms with Crippen LogP contribution in [0.3, 0.4) is 0 Å². The summed E-state index contributed by atoms with van der Waals surface area (Å²) in [5, 5.41) is 0. The molecule has 0 aliphatic carbocycles. The normalized spacial score (nSPS) is 10.1. The second kappa shape index (κ2) is 69.7. The van der Waals surface area contributed by atoms with Gasteiger partial charge >= 0.3 is 0 Å². The van der Waals surface area contributed by atoms with Crippen molar-refractivity contribution in [3.05, 3.63) is 0 Å². The van der Waals surface area contributed by atoms with Gasteiger partial charge in [0.15, 0.2) is 0 Å². The Morgan fingerprint density at radius 1 is 0.0851 bits per heavy atom. The van der Waals surface area contributed by atoms with E-state index in [1.54, 1.807) is 0 Å². The van der Waals surface area contributed by atoms with Gasteiger partial charge in [0.05, 0.1) is 18.6 Å². The van der Waals surface area contributed by atoms with Crippen molar-refractivity contribution in [1.29, 1.82) is 0 Å². The lowest BCUT2D eigenvalue weighted by atomic mass is 8.26.